The van der Waals surface area contributed by atoms with Gasteiger partial charge in [0.2, 0.25) is 0 Å². The molecule has 0 spiro atoms. The summed E-state index contributed by atoms with van der Waals surface area (Å²) in [4.78, 5) is 17.3. The van der Waals surface area contributed by atoms with Gasteiger partial charge in [-0.1, -0.05) is 23.8 Å². The van der Waals surface area contributed by atoms with Gasteiger partial charge in [0.15, 0.2) is 15.0 Å². The molecule has 1 aliphatic rings. The van der Waals surface area contributed by atoms with Crippen molar-refractivity contribution in [1.29, 1.82) is 0 Å². The summed E-state index contributed by atoms with van der Waals surface area (Å²) in [7, 11) is -3.52. The zero-order valence-corrected chi connectivity index (χ0v) is 18.0. The average Bonchev–Trinajstić information content (AvgIpc) is 3.24. The molecule has 7 nitrogen and oxygen atoms in total. The lowest BCUT2D eigenvalue weighted by Crippen LogP contribution is -2.39. The van der Waals surface area contributed by atoms with E-state index in [9.17, 15) is 18.5 Å². The standard InChI is InChI=1S/C21H21N3O4S2/c1-15-3-2-4-16(13-15)20-14-29-21(22-20)23-11-9-19(10-12-23)30(27,28)18-7-5-17(6-8-18)24(25)26/h2-8,13-14,19H,9-12H2,1H3. The summed E-state index contributed by atoms with van der Waals surface area (Å²) in [6.45, 7) is 3.27. The number of nitro groups is 1. The molecule has 0 N–H and O–H groups in total. The summed E-state index contributed by atoms with van der Waals surface area (Å²) in [6.07, 6.45) is 0.997. The molecule has 0 aliphatic carbocycles. The van der Waals surface area contributed by atoms with Crippen molar-refractivity contribution < 1.29 is 13.3 Å². The maximum atomic E-state index is 12.9. The number of hydrogen-bond acceptors (Lipinski definition) is 7. The van der Waals surface area contributed by atoms with Crippen molar-refractivity contribution in [2.75, 3.05) is 18.0 Å². The number of anilines is 1. The third-order valence-electron chi connectivity index (χ3n) is 5.33. The Labute approximate surface area is 179 Å². The van der Waals surface area contributed by atoms with E-state index >= 15 is 0 Å². The van der Waals surface area contributed by atoms with Gasteiger partial charge in [-0.05, 0) is 38.0 Å². The predicted molar refractivity (Wildman–Crippen MR) is 118 cm³/mol. The van der Waals surface area contributed by atoms with E-state index in [2.05, 4.69) is 11.0 Å². The first-order valence-electron chi connectivity index (χ1n) is 9.60. The molecular formula is C21H21N3O4S2. The molecule has 4 rings (SSSR count). The highest BCUT2D eigenvalue weighted by Gasteiger charge is 2.32. The van der Waals surface area contributed by atoms with Gasteiger partial charge in [-0.25, -0.2) is 13.4 Å². The summed E-state index contributed by atoms with van der Waals surface area (Å²) < 4.78 is 25.9. The molecule has 2 aromatic carbocycles. The number of sulfone groups is 1. The van der Waals surface area contributed by atoms with Gasteiger partial charge in [0.25, 0.3) is 5.69 Å². The number of nitro benzene ring substituents is 1. The lowest BCUT2D eigenvalue weighted by molar-refractivity contribution is -0.384. The van der Waals surface area contributed by atoms with E-state index < -0.39 is 20.0 Å². The Hall–Kier alpha value is -2.78. The maximum absolute atomic E-state index is 12.9. The normalized spacial score (nSPS) is 15.3. The quantitative estimate of drug-likeness (QED) is 0.427. The summed E-state index contributed by atoms with van der Waals surface area (Å²) >= 11 is 1.57. The van der Waals surface area contributed by atoms with E-state index in [1.54, 1.807) is 11.3 Å². The van der Waals surface area contributed by atoms with Crippen LogP contribution in [0.15, 0.2) is 58.8 Å². The van der Waals surface area contributed by atoms with Crippen LogP contribution in [-0.2, 0) is 9.84 Å². The Bertz CT molecular complexity index is 1160. The number of piperidine rings is 1. The second-order valence-electron chi connectivity index (χ2n) is 7.37. The maximum Gasteiger partial charge on any atom is 0.269 e. The lowest BCUT2D eigenvalue weighted by Gasteiger charge is -2.31. The second-order valence-corrected chi connectivity index (χ2v) is 10.4. The van der Waals surface area contributed by atoms with Crippen LogP contribution in [0.2, 0.25) is 0 Å². The molecule has 0 radical (unpaired) electrons. The molecule has 0 saturated carbocycles. The number of nitrogens with zero attached hydrogens (tertiary/aromatic N) is 3. The molecule has 1 fully saturated rings. The van der Waals surface area contributed by atoms with Gasteiger partial charge >= 0.3 is 0 Å². The van der Waals surface area contributed by atoms with Gasteiger partial charge in [-0.3, -0.25) is 10.1 Å². The van der Waals surface area contributed by atoms with E-state index in [-0.39, 0.29) is 10.6 Å². The number of hydrogen-bond donors (Lipinski definition) is 0. The number of aryl methyl sites for hydroxylation is 1. The van der Waals surface area contributed by atoms with E-state index in [0.29, 0.717) is 25.9 Å². The minimum absolute atomic E-state index is 0.114. The van der Waals surface area contributed by atoms with Crippen molar-refractivity contribution in [2.24, 2.45) is 0 Å². The van der Waals surface area contributed by atoms with Crippen LogP contribution in [0.3, 0.4) is 0 Å². The Kier molecular flexibility index (Phi) is 5.57. The molecule has 156 valence electrons. The fraction of sp³-hybridized carbons (Fsp3) is 0.286. The SMILES string of the molecule is Cc1cccc(-c2csc(N3CCC(S(=O)(=O)c4ccc([N+](=O)[O-])cc4)CC3)n2)c1. The number of benzene rings is 2. The van der Waals surface area contributed by atoms with E-state index in [0.717, 1.165) is 16.4 Å². The number of thiazole rings is 1. The first-order chi connectivity index (χ1) is 14.3. The Morgan fingerprint density at radius 2 is 1.83 bits per heavy atom. The van der Waals surface area contributed by atoms with Crippen molar-refractivity contribution in [3.63, 3.8) is 0 Å². The first kappa shape index (κ1) is 20.5. The third-order valence-corrected chi connectivity index (χ3v) is 8.51. The van der Waals surface area contributed by atoms with Crippen molar-refractivity contribution >= 4 is 32.0 Å². The Balaban J connectivity index is 1.44. The highest BCUT2D eigenvalue weighted by molar-refractivity contribution is 7.92. The summed E-state index contributed by atoms with van der Waals surface area (Å²) in [5.41, 5.74) is 3.07. The molecule has 1 aliphatic heterocycles. The van der Waals surface area contributed by atoms with E-state index in [4.69, 9.17) is 4.98 Å². The molecule has 30 heavy (non-hydrogen) atoms. The van der Waals surface area contributed by atoms with Gasteiger partial charge in [0.05, 0.1) is 20.8 Å². The van der Waals surface area contributed by atoms with Crippen LogP contribution in [0.25, 0.3) is 11.3 Å². The van der Waals surface area contributed by atoms with Gasteiger partial charge < -0.3 is 4.90 Å². The minimum atomic E-state index is -3.52. The topological polar surface area (TPSA) is 93.4 Å². The summed E-state index contributed by atoms with van der Waals surface area (Å²) in [5, 5.41) is 13.2. The van der Waals surface area contributed by atoms with Crippen LogP contribution >= 0.6 is 11.3 Å². The molecule has 0 amide bonds. The van der Waals surface area contributed by atoms with Crippen LogP contribution in [0.5, 0.6) is 0 Å². The second kappa shape index (κ2) is 8.16. The van der Waals surface area contributed by atoms with Crippen LogP contribution in [0.1, 0.15) is 18.4 Å². The van der Waals surface area contributed by atoms with Crippen molar-refractivity contribution in [2.45, 2.75) is 29.9 Å². The molecular weight excluding hydrogens is 422 g/mol. The summed E-state index contributed by atoms with van der Waals surface area (Å²) in [5.74, 6) is 0. The van der Waals surface area contributed by atoms with Gasteiger partial charge in [-0.15, -0.1) is 11.3 Å². The molecule has 0 unspecified atom stereocenters. The van der Waals surface area contributed by atoms with Crippen LogP contribution in [0.4, 0.5) is 10.8 Å². The first-order valence-corrected chi connectivity index (χ1v) is 12.0. The fourth-order valence-corrected chi connectivity index (χ4v) is 6.27. The molecule has 2 heterocycles. The Morgan fingerprint density at radius 1 is 1.13 bits per heavy atom. The number of aromatic nitrogens is 1. The molecule has 0 atom stereocenters. The largest absolute Gasteiger partial charge is 0.348 e. The average molecular weight is 444 g/mol. The Morgan fingerprint density at radius 3 is 2.47 bits per heavy atom. The lowest BCUT2D eigenvalue weighted by atomic mass is 10.1. The highest BCUT2D eigenvalue weighted by Crippen LogP contribution is 2.32. The molecule has 1 aromatic heterocycles. The van der Waals surface area contributed by atoms with Gasteiger partial charge in [0.1, 0.15) is 0 Å². The summed E-state index contributed by atoms with van der Waals surface area (Å²) in [6, 6.07) is 13.3. The van der Waals surface area contributed by atoms with E-state index in [1.165, 1.54) is 29.8 Å². The molecule has 3 aromatic rings. The third kappa shape index (κ3) is 4.08. The monoisotopic (exact) mass is 443 g/mol. The van der Waals surface area contributed by atoms with Crippen molar-refractivity contribution in [3.05, 3.63) is 69.6 Å². The van der Waals surface area contributed by atoms with Gasteiger partial charge in [-0.2, -0.15) is 0 Å². The van der Waals surface area contributed by atoms with Crippen LogP contribution in [0, 0.1) is 17.0 Å². The fourth-order valence-electron chi connectivity index (χ4n) is 3.65. The van der Waals surface area contributed by atoms with Crippen molar-refractivity contribution in [1.82, 2.24) is 4.98 Å². The zero-order chi connectivity index (χ0) is 21.3. The predicted octanol–water partition coefficient (Wildman–Crippen LogP) is 4.47. The van der Waals surface area contributed by atoms with E-state index in [1.807, 2.05) is 30.5 Å². The van der Waals surface area contributed by atoms with Crippen molar-refractivity contribution in [3.8, 4) is 11.3 Å². The molecule has 0 bridgehead atoms. The smallest absolute Gasteiger partial charge is 0.269 e. The molecule has 9 heteroatoms. The zero-order valence-electron chi connectivity index (χ0n) is 16.4. The molecule has 1 saturated heterocycles. The van der Waals surface area contributed by atoms with Crippen LogP contribution < -0.4 is 4.90 Å². The highest BCUT2D eigenvalue weighted by atomic mass is 32.2. The van der Waals surface area contributed by atoms with Gasteiger partial charge in [0, 0.05) is 36.2 Å². The van der Waals surface area contributed by atoms with Crippen LogP contribution in [-0.4, -0.2) is 36.7 Å². The minimum Gasteiger partial charge on any atom is -0.348 e. The number of non-ortho nitro benzene ring substituents is 1. The number of rotatable bonds is 5.